The van der Waals surface area contributed by atoms with Gasteiger partial charge in [0.05, 0.1) is 12.2 Å². The van der Waals surface area contributed by atoms with Crippen molar-refractivity contribution in [1.29, 1.82) is 0 Å². The quantitative estimate of drug-likeness (QED) is 0.155. The van der Waals surface area contributed by atoms with Gasteiger partial charge in [-0.3, -0.25) is 4.90 Å². The molecule has 0 fully saturated rings. The van der Waals surface area contributed by atoms with Crippen LogP contribution in [0.4, 0.5) is 0 Å². The zero-order valence-corrected chi connectivity index (χ0v) is 15.0. The molecule has 0 saturated carbocycles. The third-order valence-corrected chi connectivity index (χ3v) is 3.49. The number of nitrogens with zero attached hydrogens (tertiary/aromatic N) is 1. The molecule has 0 rings (SSSR count). The van der Waals surface area contributed by atoms with E-state index in [0.717, 1.165) is 12.8 Å². The Labute approximate surface area is 157 Å². The number of nitrogens with one attached hydrogen (secondary N) is 1. The number of allylic oxidation sites excluding steroid dienone is 2. The standard InChI is InChI=1S/C17H32N2O4.Li/c1-3-5-7-15(20)13-18-10-12-19(11-9-17(22)23)14-16(21)8-6-4-2;/h3-4,15-16,18,20-21H,1-2,5-14H2,(H,22,23);/q;+1/p-1. The molecule has 0 amide bonds. The van der Waals surface area contributed by atoms with Crippen molar-refractivity contribution >= 4 is 5.97 Å². The molecule has 2 unspecified atom stereocenters. The van der Waals surface area contributed by atoms with Crippen LogP contribution in [0.15, 0.2) is 25.3 Å². The zero-order chi connectivity index (χ0) is 17.5. The molecule has 0 aliphatic heterocycles. The second-order valence-corrected chi connectivity index (χ2v) is 5.67. The third-order valence-electron chi connectivity index (χ3n) is 3.49. The molecule has 7 heteroatoms. The summed E-state index contributed by atoms with van der Waals surface area (Å²) in [5.74, 6) is -1.09. The summed E-state index contributed by atoms with van der Waals surface area (Å²) < 4.78 is 0. The first kappa shape index (κ1) is 25.6. The Bertz CT molecular complexity index is 343. The van der Waals surface area contributed by atoms with Crippen LogP contribution in [0.1, 0.15) is 32.1 Å². The molecule has 0 aromatic carbocycles. The van der Waals surface area contributed by atoms with Crippen molar-refractivity contribution in [3.63, 3.8) is 0 Å². The SMILES string of the molecule is C=CCCC(O)CNCCN(CCC(=O)[O-])CC(O)CCC=C.[Li+]. The molecule has 24 heavy (non-hydrogen) atoms. The monoisotopic (exact) mass is 334 g/mol. The first-order valence-corrected chi connectivity index (χ1v) is 8.20. The van der Waals surface area contributed by atoms with Gasteiger partial charge in [-0.1, -0.05) is 12.2 Å². The molecule has 0 aliphatic rings. The summed E-state index contributed by atoms with van der Waals surface area (Å²) in [7, 11) is 0. The van der Waals surface area contributed by atoms with Crippen molar-refractivity contribution in [1.82, 2.24) is 10.2 Å². The number of carbonyl (C=O) groups excluding carboxylic acids is 1. The zero-order valence-electron chi connectivity index (χ0n) is 15.0. The number of carboxylic acids is 1. The molecule has 0 radical (unpaired) electrons. The van der Waals surface area contributed by atoms with Gasteiger partial charge < -0.3 is 25.4 Å². The molecular formula is C17H31LiN2O4. The molecule has 0 bridgehead atoms. The number of hydrogen-bond donors (Lipinski definition) is 3. The Balaban J connectivity index is 0. The van der Waals surface area contributed by atoms with E-state index in [-0.39, 0.29) is 25.3 Å². The van der Waals surface area contributed by atoms with E-state index < -0.39 is 18.2 Å². The van der Waals surface area contributed by atoms with E-state index in [4.69, 9.17) is 0 Å². The van der Waals surface area contributed by atoms with Crippen molar-refractivity contribution in [2.45, 2.75) is 44.3 Å². The number of carboxylic acid groups (broad SMARTS) is 1. The van der Waals surface area contributed by atoms with Crippen LogP contribution in [0.5, 0.6) is 0 Å². The summed E-state index contributed by atoms with van der Waals surface area (Å²) in [5.41, 5.74) is 0. The van der Waals surface area contributed by atoms with Crippen LogP contribution in [0.3, 0.4) is 0 Å². The fraction of sp³-hybridized carbons (Fsp3) is 0.706. The van der Waals surface area contributed by atoms with Gasteiger partial charge >= 0.3 is 18.9 Å². The number of rotatable bonds is 16. The van der Waals surface area contributed by atoms with Gasteiger partial charge in [-0.05, 0) is 32.1 Å². The molecule has 134 valence electrons. The van der Waals surface area contributed by atoms with Crippen LogP contribution < -0.4 is 29.3 Å². The van der Waals surface area contributed by atoms with E-state index in [1.54, 1.807) is 12.2 Å². The van der Waals surface area contributed by atoms with Gasteiger partial charge in [-0.2, -0.15) is 0 Å². The van der Waals surface area contributed by atoms with Gasteiger partial charge in [0, 0.05) is 38.7 Å². The number of hydrogen-bond acceptors (Lipinski definition) is 6. The van der Waals surface area contributed by atoms with E-state index >= 15 is 0 Å². The number of aliphatic hydroxyl groups excluding tert-OH is 2. The number of aliphatic carboxylic acids is 1. The van der Waals surface area contributed by atoms with Gasteiger partial charge in [-0.15, -0.1) is 13.2 Å². The average molecular weight is 334 g/mol. The predicted molar refractivity (Wildman–Crippen MR) is 89.8 cm³/mol. The summed E-state index contributed by atoms with van der Waals surface area (Å²) in [4.78, 5) is 12.5. The Kier molecular flexibility index (Phi) is 18.4. The minimum Gasteiger partial charge on any atom is -0.550 e. The van der Waals surface area contributed by atoms with Crippen molar-refractivity contribution in [3.8, 4) is 0 Å². The van der Waals surface area contributed by atoms with Gasteiger partial charge in [-0.25, -0.2) is 0 Å². The van der Waals surface area contributed by atoms with Crippen molar-refractivity contribution < 1.29 is 39.0 Å². The third kappa shape index (κ3) is 16.3. The van der Waals surface area contributed by atoms with Crippen LogP contribution in [-0.4, -0.2) is 66.0 Å². The van der Waals surface area contributed by atoms with Crippen LogP contribution in [-0.2, 0) is 4.79 Å². The molecule has 2 atom stereocenters. The first-order valence-electron chi connectivity index (χ1n) is 8.20. The van der Waals surface area contributed by atoms with E-state index in [1.165, 1.54) is 0 Å². The summed E-state index contributed by atoms with van der Waals surface area (Å²) >= 11 is 0. The maximum absolute atomic E-state index is 10.6. The average Bonchev–Trinajstić information content (AvgIpc) is 2.52. The van der Waals surface area contributed by atoms with Crippen LogP contribution in [0, 0.1) is 0 Å². The Hall–Kier alpha value is -0.613. The fourth-order valence-electron chi connectivity index (χ4n) is 2.16. The Morgan fingerprint density at radius 1 is 1.12 bits per heavy atom. The summed E-state index contributed by atoms with van der Waals surface area (Å²) in [5, 5.41) is 33.4. The molecule has 6 nitrogen and oxygen atoms in total. The Morgan fingerprint density at radius 3 is 2.25 bits per heavy atom. The van der Waals surface area contributed by atoms with Crippen molar-refractivity contribution in [2.75, 3.05) is 32.7 Å². The minimum atomic E-state index is -1.09. The largest absolute Gasteiger partial charge is 1.00 e. The second kappa shape index (κ2) is 17.2. The Morgan fingerprint density at radius 2 is 1.71 bits per heavy atom. The van der Waals surface area contributed by atoms with E-state index in [9.17, 15) is 20.1 Å². The normalized spacial score (nSPS) is 13.1. The molecule has 0 aliphatic carbocycles. The molecule has 3 N–H and O–H groups in total. The number of carbonyl (C=O) groups is 1. The maximum atomic E-state index is 10.6. The predicted octanol–water partition coefficient (Wildman–Crippen LogP) is -3.32. The van der Waals surface area contributed by atoms with Crippen LogP contribution in [0.25, 0.3) is 0 Å². The van der Waals surface area contributed by atoms with Crippen LogP contribution in [0.2, 0.25) is 0 Å². The van der Waals surface area contributed by atoms with Gasteiger partial charge in [0.15, 0.2) is 0 Å². The van der Waals surface area contributed by atoms with E-state index in [1.807, 2.05) is 4.90 Å². The van der Waals surface area contributed by atoms with Gasteiger partial charge in [0.25, 0.3) is 0 Å². The van der Waals surface area contributed by atoms with Gasteiger partial charge in [0.1, 0.15) is 0 Å². The molecule has 0 aromatic heterocycles. The second-order valence-electron chi connectivity index (χ2n) is 5.67. The van der Waals surface area contributed by atoms with Crippen molar-refractivity contribution in [3.05, 3.63) is 25.3 Å². The molecule has 0 spiro atoms. The first-order chi connectivity index (χ1) is 11.0. The molecular weight excluding hydrogens is 303 g/mol. The molecule has 0 heterocycles. The maximum Gasteiger partial charge on any atom is 1.00 e. The fourth-order valence-corrected chi connectivity index (χ4v) is 2.16. The summed E-state index contributed by atoms with van der Waals surface area (Å²) in [6.07, 6.45) is 5.33. The van der Waals surface area contributed by atoms with Crippen LogP contribution >= 0.6 is 0 Å². The summed E-state index contributed by atoms with van der Waals surface area (Å²) in [6, 6.07) is 0. The topological polar surface area (TPSA) is 95.9 Å². The minimum absolute atomic E-state index is 0. The summed E-state index contributed by atoms with van der Waals surface area (Å²) in [6.45, 7) is 9.70. The van der Waals surface area contributed by atoms with Crippen molar-refractivity contribution in [2.24, 2.45) is 0 Å². The smallest absolute Gasteiger partial charge is 0.550 e. The number of aliphatic hydroxyl groups is 2. The molecule has 0 saturated heterocycles. The van der Waals surface area contributed by atoms with E-state index in [2.05, 4.69) is 18.5 Å². The molecule has 0 aromatic rings. The van der Waals surface area contributed by atoms with E-state index in [0.29, 0.717) is 45.6 Å². The van der Waals surface area contributed by atoms with Gasteiger partial charge in [0.2, 0.25) is 0 Å².